The molecule has 144 valence electrons. The summed E-state index contributed by atoms with van der Waals surface area (Å²) in [4.78, 5) is 11.3. The van der Waals surface area contributed by atoms with Gasteiger partial charge in [0.25, 0.3) is 0 Å². The summed E-state index contributed by atoms with van der Waals surface area (Å²) in [5.41, 5.74) is 1.88. The molecule has 0 spiro atoms. The van der Waals surface area contributed by atoms with Crippen LogP contribution in [0.15, 0.2) is 48.5 Å². The molecule has 28 heavy (non-hydrogen) atoms. The van der Waals surface area contributed by atoms with Gasteiger partial charge in [0.05, 0.1) is 16.9 Å². The van der Waals surface area contributed by atoms with Gasteiger partial charge >= 0.3 is 5.69 Å². The topological polar surface area (TPSA) is 70.8 Å². The van der Waals surface area contributed by atoms with Crippen LogP contribution >= 0.6 is 0 Å². The summed E-state index contributed by atoms with van der Waals surface area (Å²) < 4.78 is 17.5. The number of nitro groups is 1. The van der Waals surface area contributed by atoms with Gasteiger partial charge in [0.15, 0.2) is 5.75 Å². The minimum absolute atomic E-state index is 0.0258. The highest BCUT2D eigenvalue weighted by atomic mass is 16.6. The molecule has 1 aliphatic rings. The van der Waals surface area contributed by atoms with Crippen LogP contribution < -0.4 is 14.2 Å². The van der Waals surface area contributed by atoms with E-state index in [0.29, 0.717) is 12.0 Å². The Morgan fingerprint density at radius 2 is 1.96 bits per heavy atom. The fourth-order valence-electron chi connectivity index (χ4n) is 3.58. The molecule has 0 amide bonds. The smallest absolute Gasteiger partial charge is 0.318 e. The molecule has 0 fully saturated rings. The summed E-state index contributed by atoms with van der Waals surface area (Å²) in [7, 11) is 0. The van der Waals surface area contributed by atoms with Crippen LogP contribution in [0.2, 0.25) is 0 Å². The molecule has 1 aliphatic heterocycles. The van der Waals surface area contributed by atoms with E-state index in [2.05, 4.69) is 0 Å². The number of rotatable bonds is 6. The zero-order valence-corrected chi connectivity index (χ0v) is 15.8. The average molecular weight is 379 g/mol. The lowest BCUT2D eigenvalue weighted by Crippen LogP contribution is -2.05. The van der Waals surface area contributed by atoms with Crippen LogP contribution in [0.25, 0.3) is 10.8 Å². The molecule has 0 saturated heterocycles. The van der Waals surface area contributed by atoms with Crippen molar-refractivity contribution in [2.75, 3.05) is 6.61 Å². The van der Waals surface area contributed by atoms with E-state index in [9.17, 15) is 10.1 Å². The maximum absolute atomic E-state index is 11.7. The van der Waals surface area contributed by atoms with Crippen LogP contribution in [-0.4, -0.2) is 17.6 Å². The van der Waals surface area contributed by atoms with E-state index in [1.54, 1.807) is 18.2 Å². The van der Waals surface area contributed by atoms with E-state index in [-0.39, 0.29) is 24.1 Å². The normalized spacial score (nSPS) is 15.1. The molecule has 0 aromatic heterocycles. The predicted molar refractivity (Wildman–Crippen MR) is 106 cm³/mol. The summed E-state index contributed by atoms with van der Waals surface area (Å²) in [5.74, 6) is 1.78. The molecule has 3 aromatic rings. The maximum atomic E-state index is 11.7. The van der Waals surface area contributed by atoms with Gasteiger partial charge in [0, 0.05) is 17.5 Å². The van der Waals surface area contributed by atoms with Gasteiger partial charge in [-0.1, -0.05) is 24.3 Å². The first-order valence-corrected chi connectivity index (χ1v) is 9.31. The molecule has 0 radical (unpaired) electrons. The zero-order valence-electron chi connectivity index (χ0n) is 15.8. The van der Waals surface area contributed by atoms with Crippen LogP contribution in [-0.2, 0) is 13.0 Å². The molecule has 4 rings (SSSR count). The molecular weight excluding hydrogens is 358 g/mol. The molecule has 1 heterocycles. The highest BCUT2D eigenvalue weighted by Crippen LogP contribution is 2.38. The van der Waals surface area contributed by atoms with Gasteiger partial charge < -0.3 is 14.2 Å². The predicted octanol–water partition coefficient (Wildman–Crippen LogP) is 5.05. The van der Waals surface area contributed by atoms with Crippen molar-refractivity contribution in [3.05, 3.63) is 69.8 Å². The fourth-order valence-corrected chi connectivity index (χ4v) is 3.58. The number of hydrogen-bond donors (Lipinski definition) is 0. The van der Waals surface area contributed by atoms with Crippen LogP contribution in [0.1, 0.15) is 25.0 Å². The lowest BCUT2D eigenvalue weighted by Gasteiger charge is -2.14. The van der Waals surface area contributed by atoms with Crippen molar-refractivity contribution in [2.24, 2.45) is 0 Å². The molecule has 0 bridgehead atoms. The summed E-state index contributed by atoms with van der Waals surface area (Å²) in [6.07, 6.45) is 0.967. The molecule has 1 unspecified atom stereocenters. The third-order valence-corrected chi connectivity index (χ3v) is 4.81. The minimum atomic E-state index is -0.394. The van der Waals surface area contributed by atoms with E-state index in [1.807, 2.05) is 44.2 Å². The van der Waals surface area contributed by atoms with E-state index in [4.69, 9.17) is 14.2 Å². The summed E-state index contributed by atoms with van der Waals surface area (Å²) in [6, 6.07) is 14.6. The lowest BCUT2D eigenvalue weighted by molar-refractivity contribution is -0.384. The second-order valence-corrected chi connectivity index (χ2v) is 6.81. The van der Waals surface area contributed by atoms with E-state index >= 15 is 0 Å². The first-order valence-electron chi connectivity index (χ1n) is 9.31. The Morgan fingerprint density at radius 3 is 2.75 bits per heavy atom. The van der Waals surface area contributed by atoms with Crippen molar-refractivity contribution in [1.29, 1.82) is 0 Å². The third-order valence-electron chi connectivity index (χ3n) is 4.81. The number of nitro benzene ring substituents is 1. The van der Waals surface area contributed by atoms with Crippen LogP contribution in [0.3, 0.4) is 0 Å². The number of benzene rings is 3. The second kappa shape index (κ2) is 7.38. The first kappa shape index (κ1) is 18.1. The van der Waals surface area contributed by atoms with E-state index < -0.39 is 4.92 Å². The molecule has 0 saturated carbocycles. The maximum Gasteiger partial charge on any atom is 0.318 e. The van der Waals surface area contributed by atoms with Crippen LogP contribution in [0, 0.1) is 10.1 Å². The fraction of sp³-hybridized carbons (Fsp3) is 0.273. The summed E-state index contributed by atoms with van der Waals surface area (Å²) in [6.45, 7) is 4.62. The number of fused-ring (bicyclic) bond motifs is 2. The molecule has 3 aromatic carbocycles. The monoisotopic (exact) mass is 379 g/mol. The van der Waals surface area contributed by atoms with Crippen molar-refractivity contribution in [2.45, 2.75) is 33.0 Å². The molecule has 0 N–H and O–H groups in total. The van der Waals surface area contributed by atoms with Gasteiger partial charge in [-0.15, -0.1) is 0 Å². The quantitative estimate of drug-likeness (QED) is 0.443. The van der Waals surface area contributed by atoms with Gasteiger partial charge in [0.2, 0.25) is 0 Å². The zero-order chi connectivity index (χ0) is 19.7. The molecular formula is C22H21NO5. The Bertz CT molecular complexity index is 1050. The Balaban J connectivity index is 1.67. The Hall–Kier alpha value is -3.28. The van der Waals surface area contributed by atoms with Crippen molar-refractivity contribution < 1.29 is 19.1 Å². The Kier molecular flexibility index (Phi) is 4.77. The molecule has 1 atom stereocenters. The lowest BCUT2D eigenvalue weighted by atomic mass is 10.1. The van der Waals surface area contributed by atoms with Crippen molar-refractivity contribution in [3.8, 4) is 17.2 Å². The van der Waals surface area contributed by atoms with Gasteiger partial charge in [-0.3, -0.25) is 10.1 Å². The standard InChI is InChI=1S/C22H21NO5/c1-3-26-20-11-16-10-14(2)28-21(16)12-17(20)13-27-19-9-8-15-6-4-5-7-18(15)22(19)23(24)25/h4-9,11-12,14H,3,10,13H2,1-2H3. The summed E-state index contributed by atoms with van der Waals surface area (Å²) in [5, 5.41) is 13.0. The first-order chi connectivity index (χ1) is 13.6. The number of ether oxygens (including phenoxy) is 3. The summed E-state index contributed by atoms with van der Waals surface area (Å²) >= 11 is 0. The largest absolute Gasteiger partial charge is 0.493 e. The second-order valence-electron chi connectivity index (χ2n) is 6.81. The van der Waals surface area contributed by atoms with Gasteiger partial charge in [0.1, 0.15) is 24.2 Å². The number of hydrogen-bond acceptors (Lipinski definition) is 5. The van der Waals surface area contributed by atoms with Gasteiger partial charge in [-0.05, 0) is 43.5 Å². The number of nitrogens with zero attached hydrogens (tertiary/aromatic N) is 1. The minimum Gasteiger partial charge on any atom is -0.493 e. The van der Waals surface area contributed by atoms with Crippen LogP contribution in [0.4, 0.5) is 5.69 Å². The Morgan fingerprint density at radius 1 is 1.14 bits per heavy atom. The third kappa shape index (κ3) is 3.33. The van der Waals surface area contributed by atoms with E-state index in [0.717, 1.165) is 34.4 Å². The van der Waals surface area contributed by atoms with E-state index in [1.165, 1.54) is 0 Å². The van der Waals surface area contributed by atoms with Crippen LogP contribution in [0.5, 0.6) is 17.2 Å². The molecule has 6 heteroatoms. The van der Waals surface area contributed by atoms with Gasteiger partial charge in [-0.2, -0.15) is 0 Å². The highest BCUT2D eigenvalue weighted by molar-refractivity contribution is 5.93. The van der Waals surface area contributed by atoms with Gasteiger partial charge in [-0.25, -0.2) is 0 Å². The van der Waals surface area contributed by atoms with Crippen molar-refractivity contribution >= 4 is 16.5 Å². The average Bonchev–Trinajstić information content (AvgIpc) is 3.04. The SMILES string of the molecule is CCOc1cc2c(cc1COc1ccc3ccccc3c1[N+](=O)[O-])OC(C)C2. The highest BCUT2D eigenvalue weighted by Gasteiger charge is 2.23. The van der Waals surface area contributed by atoms with Crippen molar-refractivity contribution in [1.82, 2.24) is 0 Å². The Labute approximate surface area is 162 Å². The van der Waals surface area contributed by atoms with Crippen molar-refractivity contribution in [3.63, 3.8) is 0 Å². The molecule has 6 nitrogen and oxygen atoms in total. The molecule has 0 aliphatic carbocycles.